The second-order valence-electron chi connectivity index (χ2n) is 7.57. The van der Waals surface area contributed by atoms with E-state index in [9.17, 15) is 4.79 Å². The van der Waals surface area contributed by atoms with Crippen LogP contribution in [0.25, 0.3) is 0 Å². The van der Waals surface area contributed by atoms with Crippen LogP contribution in [0.3, 0.4) is 0 Å². The zero-order valence-corrected chi connectivity index (χ0v) is 15.8. The highest BCUT2D eigenvalue weighted by atomic mass is 16.5. The van der Waals surface area contributed by atoms with Gasteiger partial charge in [0.15, 0.2) is 6.61 Å². The summed E-state index contributed by atoms with van der Waals surface area (Å²) < 4.78 is 5.83. The number of hydrogen-bond acceptors (Lipinski definition) is 3. The van der Waals surface area contributed by atoms with Gasteiger partial charge in [0, 0.05) is 19.1 Å². The number of nitrogens with zero attached hydrogens (tertiary/aromatic N) is 1. The maximum Gasteiger partial charge on any atom is 0.258 e. The molecule has 134 valence electrons. The van der Waals surface area contributed by atoms with Crippen molar-refractivity contribution < 1.29 is 9.53 Å². The summed E-state index contributed by atoms with van der Waals surface area (Å²) >= 11 is 0. The molecule has 24 heavy (non-hydrogen) atoms. The molecule has 0 spiro atoms. The summed E-state index contributed by atoms with van der Waals surface area (Å²) in [6, 6.07) is 8.19. The molecule has 1 amide bonds. The fourth-order valence-corrected chi connectivity index (χ4v) is 3.36. The quantitative estimate of drug-likeness (QED) is 0.832. The van der Waals surface area contributed by atoms with Gasteiger partial charge in [0.1, 0.15) is 5.75 Å². The number of carbonyl (C=O) groups excluding carboxylic acids is 1. The van der Waals surface area contributed by atoms with Gasteiger partial charge in [0.2, 0.25) is 0 Å². The van der Waals surface area contributed by atoms with Crippen molar-refractivity contribution in [2.45, 2.75) is 53.0 Å². The molecule has 1 aliphatic heterocycles. The number of amides is 1. The first-order chi connectivity index (χ1) is 11.4. The van der Waals surface area contributed by atoms with E-state index in [0.717, 1.165) is 31.8 Å². The Balaban J connectivity index is 1.92. The lowest BCUT2D eigenvalue weighted by Gasteiger charge is -2.26. The second kappa shape index (κ2) is 8.02. The van der Waals surface area contributed by atoms with E-state index in [1.54, 1.807) is 0 Å². The van der Waals surface area contributed by atoms with Crippen molar-refractivity contribution in [3.05, 3.63) is 29.8 Å². The molecule has 1 N–H and O–H groups in total. The number of carbonyl (C=O) groups is 1. The number of ether oxygens (including phenoxy) is 1. The molecule has 2 atom stereocenters. The minimum absolute atomic E-state index is 0.0371. The smallest absolute Gasteiger partial charge is 0.258 e. The van der Waals surface area contributed by atoms with Crippen molar-refractivity contribution in [2.75, 3.05) is 26.2 Å². The van der Waals surface area contributed by atoms with Crippen molar-refractivity contribution in [3.63, 3.8) is 0 Å². The fourth-order valence-electron chi connectivity index (χ4n) is 3.36. The highest BCUT2D eigenvalue weighted by Gasteiger charge is 2.39. The Bertz CT molecular complexity index is 556. The molecule has 1 aromatic carbocycles. The van der Waals surface area contributed by atoms with Crippen LogP contribution in [0.4, 0.5) is 0 Å². The van der Waals surface area contributed by atoms with E-state index in [4.69, 9.17) is 4.74 Å². The molecular formula is C20H32N2O2. The van der Waals surface area contributed by atoms with Crippen LogP contribution in [-0.4, -0.2) is 43.1 Å². The summed E-state index contributed by atoms with van der Waals surface area (Å²) in [5.74, 6) is 1.21. The van der Waals surface area contributed by atoms with Crippen molar-refractivity contribution in [1.82, 2.24) is 10.2 Å². The maximum atomic E-state index is 12.4. The summed E-state index contributed by atoms with van der Waals surface area (Å²) in [6.45, 7) is 14.0. The van der Waals surface area contributed by atoms with Crippen molar-refractivity contribution in [3.8, 4) is 5.75 Å². The van der Waals surface area contributed by atoms with E-state index in [1.807, 2.05) is 18.2 Å². The minimum Gasteiger partial charge on any atom is -0.483 e. The Morgan fingerprint density at radius 2 is 2.08 bits per heavy atom. The van der Waals surface area contributed by atoms with Crippen LogP contribution in [0, 0.1) is 5.41 Å². The molecule has 2 unspecified atom stereocenters. The molecule has 2 rings (SSSR count). The number of hydrogen-bond donors (Lipinski definition) is 1. The molecule has 1 aliphatic rings. The van der Waals surface area contributed by atoms with Gasteiger partial charge in [0.05, 0.1) is 0 Å². The van der Waals surface area contributed by atoms with E-state index < -0.39 is 0 Å². The van der Waals surface area contributed by atoms with Gasteiger partial charge in [-0.3, -0.25) is 4.79 Å². The summed E-state index contributed by atoms with van der Waals surface area (Å²) in [6.07, 6.45) is 1.05. The molecule has 1 aromatic rings. The molecule has 4 nitrogen and oxygen atoms in total. The number of likely N-dealkylation sites (tertiary alicyclic amines) is 1. The van der Waals surface area contributed by atoms with E-state index >= 15 is 0 Å². The monoisotopic (exact) mass is 332 g/mol. The van der Waals surface area contributed by atoms with Gasteiger partial charge in [0.25, 0.3) is 5.91 Å². The van der Waals surface area contributed by atoms with Crippen molar-refractivity contribution in [2.24, 2.45) is 5.41 Å². The van der Waals surface area contributed by atoms with Gasteiger partial charge in [-0.15, -0.1) is 0 Å². The van der Waals surface area contributed by atoms with Gasteiger partial charge in [-0.25, -0.2) is 0 Å². The van der Waals surface area contributed by atoms with Crippen molar-refractivity contribution >= 4 is 5.91 Å². The Morgan fingerprint density at radius 3 is 2.71 bits per heavy atom. The normalized spacial score (nSPS) is 21.5. The van der Waals surface area contributed by atoms with Crippen LogP contribution < -0.4 is 10.1 Å². The number of rotatable bonds is 7. The average molecular weight is 332 g/mol. The van der Waals surface area contributed by atoms with Gasteiger partial charge in [-0.1, -0.05) is 52.8 Å². The lowest BCUT2D eigenvalue weighted by molar-refractivity contribution is -0.124. The molecule has 0 aliphatic carbocycles. The lowest BCUT2D eigenvalue weighted by Crippen LogP contribution is -2.46. The van der Waals surface area contributed by atoms with Crippen LogP contribution in [0.1, 0.15) is 52.5 Å². The number of nitrogens with one attached hydrogen (secondary N) is 1. The first-order valence-corrected chi connectivity index (χ1v) is 9.10. The van der Waals surface area contributed by atoms with E-state index in [1.165, 1.54) is 5.56 Å². The Hall–Kier alpha value is -1.55. The Morgan fingerprint density at radius 1 is 1.38 bits per heavy atom. The third-order valence-electron chi connectivity index (χ3n) is 5.22. The third kappa shape index (κ3) is 4.50. The lowest BCUT2D eigenvalue weighted by atomic mass is 9.88. The van der Waals surface area contributed by atoms with Gasteiger partial charge < -0.3 is 15.0 Å². The number of para-hydroxylation sites is 1. The second-order valence-corrected chi connectivity index (χ2v) is 7.57. The van der Waals surface area contributed by atoms with E-state index in [2.05, 4.69) is 50.9 Å². The molecule has 0 bridgehead atoms. The topological polar surface area (TPSA) is 41.6 Å². The Kier molecular flexibility index (Phi) is 6.27. The minimum atomic E-state index is -0.0371. The van der Waals surface area contributed by atoms with Crippen molar-refractivity contribution in [1.29, 1.82) is 0 Å². The predicted octanol–water partition coefficient (Wildman–Crippen LogP) is 3.43. The number of benzene rings is 1. The summed E-state index contributed by atoms with van der Waals surface area (Å²) in [5.41, 5.74) is 1.27. The number of likely N-dealkylation sites (N-methyl/N-ethyl adjacent to an activating group) is 1. The predicted molar refractivity (Wildman–Crippen MR) is 98.5 cm³/mol. The largest absolute Gasteiger partial charge is 0.483 e. The molecule has 1 saturated heterocycles. The van der Waals surface area contributed by atoms with Gasteiger partial charge >= 0.3 is 0 Å². The molecular weight excluding hydrogens is 300 g/mol. The highest BCUT2D eigenvalue weighted by molar-refractivity contribution is 5.78. The Labute approximate surface area is 146 Å². The SMILES string of the molecule is CCC(C)c1ccccc1OCC(=O)NC1CN(CC)CC1(C)C. The fraction of sp³-hybridized carbons (Fsp3) is 0.650. The van der Waals surface area contributed by atoms with Gasteiger partial charge in [-0.2, -0.15) is 0 Å². The molecule has 4 heteroatoms. The van der Waals surface area contributed by atoms with Gasteiger partial charge in [-0.05, 0) is 35.9 Å². The molecule has 1 heterocycles. The standard InChI is InChI=1S/C20H32N2O2/c1-6-15(3)16-10-8-9-11-17(16)24-13-19(23)21-18-12-22(7-2)14-20(18,4)5/h8-11,15,18H,6-7,12-14H2,1-5H3,(H,21,23). The molecule has 1 fully saturated rings. The van der Waals surface area contributed by atoms with Crippen LogP contribution in [-0.2, 0) is 4.79 Å². The summed E-state index contributed by atoms with van der Waals surface area (Å²) in [5, 5.41) is 3.16. The van der Waals surface area contributed by atoms with E-state index in [0.29, 0.717) is 5.92 Å². The molecule has 0 radical (unpaired) electrons. The average Bonchev–Trinajstić information content (AvgIpc) is 2.86. The van der Waals surface area contributed by atoms with E-state index in [-0.39, 0.29) is 24.0 Å². The maximum absolute atomic E-state index is 12.4. The van der Waals surface area contributed by atoms with Crippen LogP contribution in [0.5, 0.6) is 5.75 Å². The highest BCUT2D eigenvalue weighted by Crippen LogP contribution is 2.30. The molecule has 0 aromatic heterocycles. The summed E-state index contributed by atoms with van der Waals surface area (Å²) in [7, 11) is 0. The molecule has 0 saturated carbocycles. The van der Waals surface area contributed by atoms with Crippen LogP contribution in [0.2, 0.25) is 0 Å². The first kappa shape index (κ1) is 18.8. The zero-order chi connectivity index (χ0) is 17.7. The van der Waals surface area contributed by atoms with Crippen LogP contribution in [0.15, 0.2) is 24.3 Å². The summed E-state index contributed by atoms with van der Waals surface area (Å²) in [4.78, 5) is 14.7. The van der Waals surface area contributed by atoms with Crippen LogP contribution >= 0.6 is 0 Å². The third-order valence-corrected chi connectivity index (χ3v) is 5.22. The first-order valence-electron chi connectivity index (χ1n) is 9.10. The zero-order valence-electron chi connectivity index (χ0n) is 15.8.